The fraction of sp³-hybridized carbons (Fsp3) is 0.348. The van der Waals surface area contributed by atoms with Crippen LogP contribution < -0.4 is 9.80 Å². The van der Waals surface area contributed by atoms with E-state index < -0.39 is 0 Å². The molecule has 6 heteroatoms. The van der Waals surface area contributed by atoms with Crippen molar-refractivity contribution in [1.29, 1.82) is 0 Å². The van der Waals surface area contributed by atoms with Crippen LogP contribution in [0.25, 0.3) is 10.8 Å². The minimum absolute atomic E-state index is 0.0916. The van der Waals surface area contributed by atoms with Gasteiger partial charge in [-0.05, 0) is 29.2 Å². The Labute approximate surface area is 170 Å². The van der Waals surface area contributed by atoms with E-state index in [0.29, 0.717) is 32.1 Å². The van der Waals surface area contributed by atoms with Crippen LogP contribution in [0.1, 0.15) is 17.5 Å². The summed E-state index contributed by atoms with van der Waals surface area (Å²) in [6.07, 6.45) is 4.12. The van der Waals surface area contributed by atoms with Crippen LogP contribution in [0.15, 0.2) is 48.7 Å². The lowest BCUT2D eigenvalue weighted by atomic mass is 10.0. The number of aryl methyl sites for hydroxylation is 1. The maximum absolute atomic E-state index is 13.3. The van der Waals surface area contributed by atoms with Gasteiger partial charge in [0.25, 0.3) is 0 Å². The third-order valence-corrected chi connectivity index (χ3v) is 5.73. The van der Waals surface area contributed by atoms with Gasteiger partial charge >= 0.3 is 0 Å². The fourth-order valence-electron chi connectivity index (χ4n) is 4.20. The molecule has 0 spiro atoms. The average Bonchev–Trinajstić information content (AvgIpc) is 2.79. The lowest BCUT2D eigenvalue weighted by Gasteiger charge is -2.31. The van der Waals surface area contributed by atoms with Gasteiger partial charge in [-0.2, -0.15) is 4.98 Å². The van der Waals surface area contributed by atoms with Crippen molar-refractivity contribution in [3.05, 3.63) is 59.8 Å². The summed E-state index contributed by atoms with van der Waals surface area (Å²) in [7, 11) is 0. The lowest BCUT2D eigenvalue weighted by molar-refractivity contribution is -0.118. The minimum atomic E-state index is 0.0916. The van der Waals surface area contributed by atoms with E-state index >= 15 is 0 Å². The van der Waals surface area contributed by atoms with Crippen LogP contribution in [0.4, 0.5) is 11.8 Å². The van der Waals surface area contributed by atoms with Crippen LogP contribution in [-0.4, -0.2) is 48.7 Å². The van der Waals surface area contributed by atoms with Gasteiger partial charge in [0.05, 0.1) is 19.6 Å². The molecule has 2 aliphatic rings. The van der Waals surface area contributed by atoms with Crippen molar-refractivity contribution in [2.24, 2.45) is 0 Å². The number of carbonyl (C=O) groups excluding carboxylic acids is 1. The molecule has 1 saturated heterocycles. The van der Waals surface area contributed by atoms with Gasteiger partial charge in [0, 0.05) is 31.4 Å². The van der Waals surface area contributed by atoms with Crippen molar-refractivity contribution in [3.63, 3.8) is 0 Å². The first-order valence-electron chi connectivity index (χ1n) is 10.3. The predicted octanol–water partition coefficient (Wildman–Crippen LogP) is 2.99. The predicted molar refractivity (Wildman–Crippen MR) is 113 cm³/mol. The number of hydrogen-bond acceptors (Lipinski definition) is 5. The highest BCUT2D eigenvalue weighted by Gasteiger charge is 2.26. The SMILES string of the molecule is O=C(Cc1cccc2ccccc12)N1CCCc2cnc(N3CCOCC3)nc21. The Morgan fingerprint density at radius 2 is 1.86 bits per heavy atom. The molecule has 0 N–H and O–H groups in total. The second kappa shape index (κ2) is 7.79. The van der Waals surface area contributed by atoms with Crippen LogP contribution in [0.3, 0.4) is 0 Å². The summed E-state index contributed by atoms with van der Waals surface area (Å²) >= 11 is 0. The molecule has 3 heterocycles. The van der Waals surface area contributed by atoms with E-state index in [-0.39, 0.29) is 5.91 Å². The second-order valence-electron chi connectivity index (χ2n) is 7.58. The number of amides is 1. The monoisotopic (exact) mass is 388 g/mol. The molecule has 2 aromatic carbocycles. The summed E-state index contributed by atoms with van der Waals surface area (Å²) in [5, 5.41) is 2.30. The third kappa shape index (κ3) is 3.56. The van der Waals surface area contributed by atoms with Gasteiger partial charge in [-0.15, -0.1) is 0 Å². The van der Waals surface area contributed by atoms with Gasteiger partial charge in [0.15, 0.2) is 0 Å². The fourth-order valence-corrected chi connectivity index (χ4v) is 4.20. The van der Waals surface area contributed by atoms with E-state index in [2.05, 4.69) is 28.1 Å². The highest BCUT2D eigenvalue weighted by atomic mass is 16.5. The summed E-state index contributed by atoms with van der Waals surface area (Å²) in [5.74, 6) is 1.56. The van der Waals surface area contributed by atoms with Crippen molar-refractivity contribution in [1.82, 2.24) is 9.97 Å². The molecule has 148 valence electrons. The van der Waals surface area contributed by atoms with Crippen LogP contribution in [0.5, 0.6) is 0 Å². The molecule has 0 bridgehead atoms. The Balaban J connectivity index is 1.44. The lowest BCUT2D eigenvalue weighted by Crippen LogP contribution is -2.40. The number of carbonyl (C=O) groups is 1. The highest BCUT2D eigenvalue weighted by molar-refractivity contribution is 5.98. The summed E-state index contributed by atoms with van der Waals surface area (Å²) in [6.45, 7) is 3.63. The van der Waals surface area contributed by atoms with E-state index in [4.69, 9.17) is 9.72 Å². The molecule has 0 atom stereocenters. The molecule has 1 amide bonds. The van der Waals surface area contributed by atoms with Gasteiger partial charge in [0.1, 0.15) is 5.82 Å². The van der Waals surface area contributed by atoms with Crippen LogP contribution >= 0.6 is 0 Å². The topological polar surface area (TPSA) is 58.6 Å². The molecule has 2 aliphatic heterocycles. The number of ether oxygens (including phenoxy) is 1. The molecular formula is C23H24N4O2. The number of nitrogens with zero attached hydrogens (tertiary/aromatic N) is 4. The van der Waals surface area contributed by atoms with Crippen molar-refractivity contribution in [2.75, 3.05) is 42.6 Å². The number of rotatable bonds is 3. The standard InChI is InChI=1S/C23H24N4O2/c28-21(15-18-7-3-6-17-5-1-2-9-20(17)18)27-10-4-8-19-16-24-23(25-22(19)27)26-11-13-29-14-12-26/h1-3,5-7,9,16H,4,8,10-15H2. The maximum Gasteiger partial charge on any atom is 0.232 e. The number of fused-ring (bicyclic) bond motifs is 2. The van der Waals surface area contributed by atoms with Gasteiger partial charge in [-0.1, -0.05) is 42.5 Å². The average molecular weight is 388 g/mol. The molecule has 5 rings (SSSR count). The minimum Gasteiger partial charge on any atom is -0.378 e. The molecule has 6 nitrogen and oxygen atoms in total. The second-order valence-corrected chi connectivity index (χ2v) is 7.58. The molecule has 29 heavy (non-hydrogen) atoms. The Bertz CT molecular complexity index is 1040. The summed E-state index contributed by atoms with van der Waals surface area (Å²) in [5.41, 5.74) is 2.11. The Morgan fingerprint density at radius 1 is 1.03 bits per heavy atom. The van der Waals surface area contributed by atoms with Crippen molar-refractivity contribution in [2.45, 2.75) is 19.3 Å². The zero-order valence-corrected chi connectivity index (χ0v) is 16.4. The van der Waals surface area contributed by atoms with E-state index in [9.17, 15) is 4.79 Å². The zero-order chi connectivity index (χ0) is 19.6. The van der Waals surface area contributed by atoms with Crippen molar-refractivity contribution < 1.29 is 9.53 Å². The first-order valence-corrected chi connectivity index (χ1v) is 10.3. The van der Waals surface area contributed by atoms with Crippen LogP contribution in [0.2, 0.25) is 0 Å². The summed E-state index contributed by atoms with van der Waals surface area (Å²) in [4.78, 5) is 26.6. The summed E-state index contributed by atoms with van der Waals surface area (Å²) in [6, 6.07) is 14.4. The quantitative estimate of drug-likeness (QED) is 0.690. The summed E-state index contributed by atoms with van der Waals surface area (Å²) < 4.78 is 5.43. The normalized spacial score (nSPS) is 16.7. The Morgan fingerprint density at radius 3 is 2.76 bits per heavy atom. The van der Waals surface area contributed by atoms with Gasteiger partial charge in [0.2, 0.25) is 11.9 Å². The molecule has 0 aliphatic carbocycles. The first kappa shape index (κ1) is 18.1. The molecule has 0 unspecified atom stereocenters. The molecule has 1 aromatic heterocycles. The van der Waals surface area contributed by atoms with Gasteiger partial charge in [-0.25, -0.2) is 4.98 Å². The van der Waals surface area contributed by atoms with E-state index in [1.807, 2.05) is 35.4 Å². The van der Waals surface area contributed by atoms with Gasteiger partial charge < -0.3 is 9.64 Å². The smallest absolute Gasteiger partial charge is 0.232 e. The molecule has 1 fully saturated rings. The Kier molecular flexibility index (Phi) is 4.86. The van der Waals surface area contributed by atoms with Crippen LogP contribution in [0, 0.1) is 0 Å². The van der Waals surface area contributed by atoms with E-state index in [1.165, 1.54) is 0 Å². The number of aromatic nitrogens is 2. The zero-order valence-electron chi connectivity index (χ0n) is 16.4. The molecule has 0 saturated carbocycles. The van der Waals surface area contributed by atoms with Crippen molar-refractivity contribution >= 4 is 28.4 Å². The van der Waals surface area contributed by atoms with E-state index in [1.54, 1.807) is 0 Å². The highest BCUT2D eigenvalue weighted by Crippen LogP contribution is 2.28. The van der Waals surface area contributed by atoms with Crippen LogP contribution in [-0.2, 0) is 22.4 Å². The number of benzene rings is 2. The van der Waals surface area contributed by atoms with Gasteiger partial charge in [-0.3, -0.25) is 9.69 Å². The molecule has 0 radical (unpaired) electrons. The third-order valence-electron chi connectivity index (χ3n) is 5.73. The molecular weight excluding hydrogens is 364 g/mol. The number of anilines is 2. The van der Waals surface area contributed by atoms with E-state index in [0.717, 1.165) is 53.6 Å². The number of morpholine rings is 1. The number of hydrogen-bond donors (Lipinski definition) is 0. The Hall–Kier alpha value is -2.99. The maximum atomic E-state index is 13.3. The largest absolute Gasteiger partial charge is 0.378 e. The molecule has 3 aromatic rings. The van der Waals surface area contributed by atoms with Crippen molar-refractivity contribution in [3.8, 4) is 0 Å². The first-order chi connectivity index (χ1) is 14.3.